The van der Waals surface area contributed by atoms with Gasteiger partial charge in [0.1, 0.15) is 5.75 Å². The molecule has 5 nitrogen and oxygen atoms in total. The lowest BCUT2D eigenvalue weighted by molar-refractivity contribution is -0.138. The first-order valence-electron chi connectivity index (χ1n) is 7.49. The van der Waals surface area contributed by atoms with Crippen LogP contribution in [0.2, 0.25) is 0 Å². The van der Waals surface area contributed by atoms with Crippen molar-refractivity contribution < 1.29 is 23.8 Å². The molecule has 0 saturated heterocycles. The van der Waals surface area contributed by atoms with Crippen LogP contribution in [0.5, 0.6) is 5.75 Å². The van der Waals surface area contributed by atoms with Crippen molar-refractivity contribution in [2.24, 2.45) is 0 Å². The van der Waals surface area contributed by atoms with Crippen molar-refractivity contribution in [3.63, 3.8) is 0 Å². The summed E-state index contributed by atoms with van der Waals surface area (Å²) >= 11 is 0. The molecule has 0 fully saturated rings. The van der Waals surface area contributed by atoms with E-state index >= 15 is 0 Å². The summed E-state index contributed by atoms with van der Waals surface area (Å²) < 4.78 is 15.0. The van der Waals surface area contributed by atoms with Crippen molar-refractivity contribution >= 4 is 12.1 Å². The van der Waals surface area contributed by atoms with Crippen molar-refractivity contribution in [3.8, 4) is 16.9 Å². The molecule has 0 spiro atoms. The molecule has 5 heteroatoms. The summed E-state index contributed by atoms with van der Waals surface area (Å²) in [4.78, 5) is 22.6. The van der Waals surface area contributed by atoms with E-state index in [0.717, 1.165) is 17.2 Å². The highest BCUT2D eigenvalue weighted by atomic mass is 16.7. The highest BCUT2D eigenvalue weighted by Crippen LogP contribution is 2.29. The first kappa shape index (κ1) is 17.3. The molecule has 0 unspecified atom stereocenters. The van der Waals surface area contributed by atoms with Gasteiger partial charge in [-0.3, -0.25) is 0 Å². The highest BCUT2D eigenvalue weighted by Gasteiger charge is 2.11. The summed E-state index contributed by atoms with van der Waals surface area (Å²) in [6.07, 6.45) is 0.665. The van der Waals surface area contributed by atoms with Crippen LogP contribution in [0, 0.1) is 0 Å². The Morgan fingerprint density at radius 2 is 1.58 bits per heavy atom. The van der Waals surface area contributed by atoms with Crippen LogP contribution in [0.1, 0.15) is 6.42 Å². The molecule has 2 aromatic rings. The molecule has 0 aliphatic carbocycles. The first-order chi connectivity index (χ1) is 11.7. The second-order valence-corrected chi connectivity index (χ2v) is 4.79. The van der Waals surface area contributed by atoms with Gasteiger partial charge in [-0.2, -0.15) is 0 Å². The number of rotatable bonds is 7. The van der Waals surface area contributed by atoms with Gasteiger partial charge < -0.3 is 14.2 Å². The minimum absolute atomic E-state index is 0.0940. The number of hydrogen-bond donors (Lipinski definition) is 0. The second kappa shape index (κ2) is 9.15. The summed E-state index contributed by atoms with van der Waals surface area (Å²) in [5.74, 6) is -0.0823. The topological polar surface area (TPSA) is 61.8 Å². The molecular formula is C19H18O5. The van der Waals surface area contributed by atoms with E-state index in [1.807, 2.05) is 42.5 Å². The minimum Gasteiger partial charge on any atom is -0.462 e. The number of carbonyl (C=O) groups is 2. The largest absolute Gasteiger partial charge is 0.513 e. The van der Waals surface area contributed by atoms with Crippen LogP contribution in [-0.4, -0.2) is 25.3 Å². The molecule has 0 aliphatic rings. The third-order valence-corrected chi connectivity index (χ3v) is 3.08. The third kappa shape index (κ3) is 5.28. The molecule has 0 aliphatic heterocycles. The van der Waals surface area contributed by atoms with Crippen LogP contribution in [0.15, 0.2) is 67.3 Å². The van der Waals surface area contributed by atoms with Gasteiger partial charge in [0, 0.05) is 18.1 Å². The molecule has 2 aromatic carbocycles. The third-order valence-electron chi connectivity index (χ3n) is 3.08. The van der Waals surface area contributed by atoms with E-state index < -0.39 is 12.1 Å². The number of hydrogen-bond acceptors (Lipinski definition) is 5. The maximum absolute atomic E-state index is 11.8. The average molecular weight is 326 g/mol. The van der Waals surface area contributed by atoms with Crippen LogP contribution < -0.4 is 4.74 Å². The average Bonchev–Trinajstić information content (AvgIpc) is 2.62. The standard InChI is InChI=1S/C19H18O5/c1-2-18(20)22-13-8-14-23-19(21)24-17-12-7-6-11-16(17)15-9-4-3-5-10-15/h2-7,9-12H,1,8,13-14H2. The van der Waals surface area contributed by atoms with E-state index in [1.165, 1.54) is 0 Å². The summed E-state index contributed by atoms with van der Waals surface area (Å²) in [5, 5.41) is 0. The zero-order chi connectivity index (χ0) is 17.2. The van der Waals surface area contributed by atoms with Gasteiger partial charge in [0.05, 0.1) is 13.2 Å². The number of benzene rings is 2. The van der Waals surface area contributed by atoms with Crippen molar-refractivity contribution in [1.29, 1.82) is 0 Å². The molecule has 0 saturated carbocycles. The van der Waals surface area contributed by atoms with E-state index in [1.54, 1.807) is 12.1 Å². The van der Waals surface area contributed by atoms with E-state index in [0.29, 0.717) is 12.2 Å². The lowest BCUT2D eigenvalue weighted by Gasteiger charge is -2.10. The Kier molecular flexibility index (Phi) is 6.58. The lowest BCUT2D eigenvalue weighted by atomic mass is 10.1. The lowest BCUT2D eigenvalue weighted by Crippen LogP contribution is -2.13. The Balaban J connectivity index is 1.86. The Morgan fingerprint density at radius 1 is 0.917 bits per heavy atom. The number of esters is 1. The van der Waals surface area contributed by atoms with Gasteiger partial charge in [-0.05, 0) is 11.6 Å². The molecule has 0 radical (unpaired) electrons. The molecule has 0 heterocycles. The summed E-state index contributed by atoms with van der Waals surface area (Å²) in [6, 6.07) is 16.8. The SMILES string of the molecule is C=CC(=O)OCCCOC(=O)Oc1ccccc1-c1ccccc1. The van der Waals surface area contributed by atoms with Crippen LogP contribution in [0.4, 0.5) is 4.79 Å². The van der Waals surface area contributed by atoms with E-state index in [9.17, 15) is 9.59 Å². The summed E-state index contributed by atoms with van der Waals surface area (Å²) in [6.45, 7) is 3.53. The zero-order valence-corrected chi connectivity index (χ0v) is 13.1. The zero-order valence-electron chi connectivity index (χ0n) is 13.1. The predicted octanol–water partition coefficient (Wildman–Crippen LogP) is 3.99. The Labute approximate surface area is 140 Å². The van der Waals surface area contributed by atoms with Gasteiger partial charge >= 0.3 is 12.1 Å². The first-order valence-corrected chi connectivity index (χ1v) is 7.49. The van der Waals surface area contributed by atoms with Gasteiger partial charge in [0.25, 0.3) is 0 Å². The van der Waals surface area contributed by atoms with Crippen molar-refractivity contribution in [3.05, 3.63) is 67.3 Å². The molecule has 0 bridgehead atoms. The Morgan fingerprint density at radius 3 is 2.33 bits per heavy atom. The number of carbonyl (C=O) groups excluding carboxylic acids is 2. The molecule has 2 rings (SSSR count). The monoisotopic (exact) mass is 326 g/mol. The summed E-state index contributed by atoms with van der Waals surface area (Å²) in [7, 11) is 0. The van der Waals surface area contributed by atoms with Gasteiger partial charge in [-0.1, -0.05) is 55.1 Å². The fraction of sp³-hybridized carbons (Fsp3) is 0.158. The normalized spacial score (nSPS) is 9.83. The van der Waals surface area contributed by atoms with E-state index in [4.69, 9.17) is 14.2 Å². The van der Waals surface area contributed by atoms with Gasteiger partial charge in [-0.15, -0.1) is 0 Å². The quantitative estimate of drug-likeness (QED) is 0.333. The van der Waals surface area contributed by atoms with Crippen LogP contribution >= 0.6 is 0 Å². The number of para-hydroxylation sites is 1. The van der Waals surface area contributed by atoms with E-state index in [2.05, 4.69) is 6.58 Å². The summed E-state index contributed by atoms with van der Waals surface area (Å²) in [5.41, 5.74) is 1.74. The molecular weight excluding hydrogens is 308 g/mol. The Hall–Kier alpha value is -3.08. The maximum Gasteiger partial charge on any atom is 0.513 e. The predicted molar refractivity (Wildman–Crippen MR) is 89.6 cm³/mol. The Bertz CT molecular complexity index is 694. The maximum atomic E-state index is 11.8. The molecule has 0 N–H and O–H groups in total. The van der Waals surface area contributed by atoms with Gasteiger partial charge in [0.2, 0.25) is 0 Å². The molecule has 0 amide bonds. The van der Waals surface area contributed by atoms with Crippen LogP contribution in [-0.2, 0) is 14.3 Å². The molecule has 0 aromatic heterocycles. The number of ether oxygens (including phenoxy) is 3. The second-order valence-electron chi connectivity index (χ2n) is 4.79. The van der Waals surface area contributed by atoms with Crippen molar-refractivity contribution in [2.75, 3.05) is 13.2 Å². The minimum atomic E-state index is -0.798. The van der Waals surface area contributed by atoms with E-state index in [-0.39, 0.29) is 13.2 Å². The van der Waals surface area contributed by atoms with Crippen molar-refractivity contribution in [1.82, 2.24) is 0 Å². The fourth-order valence-corrected chi connectivity index (χ4v) is 1.98. The molecule has 24 heavy (non-hydrogen) atoms. The highest BCUT2D eigenvalue weighted by molar-refractivity contribution is 5.81. The van der Waals surface area contributed by atoms with Crippen molar-refractivity contribution in [2.45, 2.75) is 6.42 Å². The fourth-order valence-electron chi connectivity index (χ4n) is 1.98. The van der Waals surface area contributed by atoms with Crippen LogP contribution in [0.25, 0.3) is 11.1 Å². The van der Waals surface area contributed by atoms with Gasteiger partial charge in [-0.25, -0.2) is 9.59 Å². The molecule has 0 atom stereocenters. The van der Waals surface area contributed by atoms with Gasteiger partial charge in [0.15, 0.2) is 0 Å². The molecule has 124 valence electrons. The smallest absolute Gasteiger partial charge is 0.462 e. The van der Waals surface area contributed by atoms with Crippen LogP contribution in [0.3, 0.4) is 0 Å².